The lowest BCUT2D eigenvalue weighted by molar-refractivity contribution is 0.122. The highest BCUT2D eigenvalue weighted by molar-refractivity contribution is 6.17. The van der Waals surface area contributed by atoms with Crippen LogP contribution < -0.4 is 11.2 Å². The van der Waals surface area contributed by atoms with Gasteiger partial charge in [-0.05, 0) is 31.1 Å². The molecule has 2 atom stereocenters. The molecule has 0 radical (unpaired) electrons. The molecule has 2 unspecified atom stereocenters. The average molecular weight is 301 g/mol. The van der Waals surface area contributed by atoms with Gasteiger partial charge in [0.05, 0.1) is 0 Å². The normalized spacial score (nSPS) is 22.9. The number of aromatic nitrogens is 2. The van der Waals surface area contributed by atoms with Crippen molar-refractivity contribution >= 4 is 11.6 Å². The number of aryl methyl sites for hydroxylation is 1. The number of H-pyrrole nitrogens is 1. The third kappa shape index (κ3) is 3.52. The van der Waals surface area contributed by atoms with Gasteiger partial charge in [0.25, 0.3) is 5.56 Å². The molecule has 0 aliphatic heterocycles. The lowest BCUT2D eigenvalue weighted by Crippen LogP contribution is -2.36. The summed E-state index contributed by atoms with van der Waals surface area (Å²) in [5.41, 5.74) is -0.194. The van der Waals surface area contributed by atoms with Crippen molar-refractivity contribution in [3.05, 3.63) is 32.6 Å². The zero-order valence-corrected chi connectivity index (χ0v) is 12.2. The summed E-state index contributed by atoms with van der Waals surface area (Å²) in [6, 6.07) is 0. The fourth-order valence-corrected chi connectivity index (χ4v) is 3.19. The fourth-order valence-electron chi connectivity index (χ4n) is 2.99. The Balaban J connectivity index is 2.21. The van der Waals surface area contributed by atoms with Crippen molar-refractivity contribution < 1.29 is 5.11 Å². The van der Waals surface area contributed by atoms with Gasteiger partial charge in [-0.25, -0.2) is 4.79 Å². The van der Waals surface area contributed by atoms with Crippen LogP contribution in [-0.4, -0.2) is 27.1 Å². The molecule has 1 fully saturated rings. The van der Waals surface area contributed by atoms with Gasteiger partial charge in [-0.3, -0.25) is 9.78 Å². The largest absolute Gasteiger partial charge is 0.396 e. The van der Waals surface area contributed by atoms with Crippen LogP contribution in [0.4, 0.5) is 0 Å². The number of hydrogen-bond acceptors (Lipinski definition) is 3. The van der Waals surface area contributed by atoms with Gasteiger partial charge < -0.3 is 9.67 Å². The first-order valence-corrected chi connectivity index (χ1v) is 7.68. The Hall–Kier alpha value is -1.07. The molecule has 6 heteroatoms. The second-order valence-corrected chi connectivity index (χ2v) is 5.87. The molecule has 1 heterocycles. The predicted octanol–water partition coefficient (Wildman–Crippen LogP) is 1.12. The standard InChI is InChI=1S/C14H21ClN2O3/c15-6-5-11-8-17(14(20)16-13(11)19)7-10-3-1-2-4-12(10)9-18/h8,10,12,18H,1-7,9H2,(H,16,19,20). The number of hydrogen-bond donors (Lipinski definition) is 2. The smallest absolute Gasteiger partial charge is 0.328 e. The average Bonchev–Trinajstić information content (AvgIpc) is 2.45. The monoisotopic (exact) mass is 300 g/mol. The molecule has 2 N–H and O–H groups in total. The molecule has 0 amide bonds. The second kappa shape index (κ2) is 7.09. The van der Waals surface area contributed by atoms with Crippen LogP contribution in [0.3, 0.4) is 0 Å². The van der Waals surface area contributed by atoms with E-state index in [1.165, 1.54) is 0 Å². The summed E-state index contributed by atoms with van der Waals surface area (Å²) >= 11 is 5.66. The van der Waals surface area contributed by atoms with E-state index < -0.39 is 0 Å². The second-order valence-electron chi connectivity index (χ2n) is 5.49. The first-order chi connectivity index (χ1) is 9.65. The SMILES string of the molecule is O=c1[nH]c(=O)n(CC2CCCCC2CO)cc1CCCl. The molecule has 112 valence electrons. The Kier molecular flexibility index (Phi) is 5.43. The van der Waals surface area contributed by atoms with E-state index in [4.69, 9.17) is 11.6 Å². The number of aliphatic hydroxyl groups excluding tert-OH is 1. The van der Waals surface area contributed by atoms with Crippen LogP contribution in [0.25, 0.3) is 0 Å². The van der Waals surface area contributed by atoms with Gasteiger partial charge in [0, 0.05) is 30.8 Å². The van der Waals surface area contributed by atoms with E-state index in [0.29, 0.717) is 30.3 Å². The van der Waals surface area contributed by atoms with E-state index in [-0.39, 0.29) is 23.8 Å². The summed E-state index contributed by atoms with van der Waals surface area (Å²) < 4.78 is 1.56. The van der Waals surface area contributed by atoms with E-state index in [1.807, 2.05) is 0 Å². The molecule has 0 aromatic carbocycles. The fraction of sp³-hybridized carbons (Fsp3) is 0.714. The van der Waals surface area contributed by atoms with Crippen molar-refractivity contribution in [3.63, 3.8) is 0 Å². The Morgan fingerprint density at radius 1 is 1.30 bits per heavy atom. The maximum Gasteiger partial charge on any atom is 0.328 e. The molecule has 1 aromatic rings. The van der Waals surface area contributed by atoms with Crippen molar-refractivity contribution in [1.82, 2.24) is 9.55 Å². The maximum absolute atomic E-state index is 11.9. The summed E-state index contributed by atoms with van der Waals surface area (Å²) in [4.78, 5) is 25.8. The van der Waals surface area contributed by atoms with Crippen LogP contribution in [0.1, 0.15) is 31.2 Å². The van der Waals surface area contributed by atoms with Crippen LogP contribution in [0.15, 0.2) is 15.8 Å². The van der Waals surface area contributed by atoms with Crippen LogP contribution in [0, 0.1) is 11.8 Å². The van der Waals surface area contributed by atoms with Crippen LogP contribution in [0.5, 0.6) is 0 Å². The molecule has 20 heavy (non-hydrogen) atoms. The maximum atomic E-state index is 11.9. The van der Waals surface area contributed by atoms with Gasteiger partial charge >= 0.3 is 5.69 Å². The first kappa shape index (κ1) is 15.3. The Morgan fingerprint density at radius 3 is 2.65 bits per heavy atom. The predicted molar refractivity (Wildman–Crippen MR) is 78.3 cm³/mol. The summed E-state index contributed by atoms with van der Waals surface area (Å²) in [6.07, 6.45) is 6.36. The Bertz CT molecular complexity index is 552. The Morgan fingerprint density at radius 2 is 2.00 bits per heavy atom. The first-order valence-electron chi connectivity index (χ1n) is 7.15. The molecular formula is C14H21ClN2O3. The van der Waals surface area contributed by atoms with Crippen molar-refractivity contribution in [1.29, 1.82) is 0 Å². The zero-order valence-electron chi connectivity index (χ0n) is 11.5. The Labute approximate surface area is 122 Å². The van der Waals surface area contributed by atoms with E-state index in [2.05, 4.69) is 4.98 Å². The zero-order chi connectivity index (χ0) is 14.5. The third-order valence-corrected chi connectivity index (χ3v) is 4.37. The lowest BCUT2D eigenvalue weighted by atomic mass is 9.79. The van der Waals surface area contributed by atoms with Gasteiger partial charge in [0.15, 0.2) is 0 Å². The highest BCUT2D eigenvalue weighted by Crippen LogP contribution is 2.30. The van der Waals surface area contributed by atoms with Crippen molar-refractivity contribution in [3.8, 4) is 0 Å². The molecule has 0 spiro atoms. The van der Waals surface area contributed by atoms with Crippen molar-refractivity contribution in [2.24, 2.45) is 11.8 Å². The molecule has 0 bridgehead atoms. The number of aromatic amines is 1. The van der Waals surface area contributed by atoms with Crippen molar-refractivity contribution in [2.75, 3.05) is 12.5 Å². The van der Waals surface area contributed by atoms with E-state index >= 15 is 0 Å². The highest BCUT2D eigenvalue weighted by Gasteiger charge is 2.25. The summed E-state index contributed by atoms with van der Waals surface area (Å²) in [5.74, 6) is 0.893. The highest BCUT2D eigenvalue weighted by atomic mass is 35.5. The third-order valence-electron chi connectivity index (χ3n) is 4.18. The topological polar surface area (TPSA) is 75.1 Å². The number of nitrogens with one attached hydrogen (secondary N) is 1. The van der Waals surface area contributed by atoms with Gasteiger partial charge in [-0.1, -0.05) is 12.8 Å². The van der Waals surface area contributed by atoms with Crippen LogP contribution >= 0.6 is 11.6 Å². The lowest BCUT2D eigenvalue weighted by Gasteiger charge is -2.30. The summed E-state index contributed by atoms with van der Waals surface area (Å²) in [7, 11) is 0. The molecule has 1 aliphatic carbocycles. The minimum atomic E-state index is -0.379. The minimum absolute atomic E-state index is 0.164. The van der Waals surface area contributed by atoms with Gasteiger partial charge in [0.1, 0.15) is 0 Å². The molecule has 5 nitrogen and oxygen atoms in total. The van der Waals surface area contributed by atoms with E-state index in [0.717, 1.165) is 25.7 Å². The molecule has 2 rings (SSSR count). The quantitative estimate of drug-likeness (QED) is 0.800. The van der Waals surface area contributed by atoms with Crippen LogP contribution in [0.2, 0.25) is 0 Å². The molecule has 1 aromatic heterocycles. The number of halogens is 1. The number of aliphatic hydroxyl groups is 1. The summed E-state index contributed by atoms with van der Waals surface area (Å²) in [5, 5.41) is 9.43. The van der Waals surface area contributed by atoms with Gasteiger partial charge in [0.2, 0.25) is 0 Å². The van der Waals surface area contributed by atoms with E-state index in [1.54, 1.807) is 10.8 Å². The minimum Gasteiger partial charge on any atom is -0.396 e. The van der Waals surface area contributed by atoms with Gasteiger partial charge in [-0.2, -0.15) is 0 Å². The molecule has 1 aliphatic rings. The number of rotatable bonds is 5. The van der Waals surface area contributed by atoms with Crippen molar-refractivity contribution in [2.45, 2.75) is 38.6 Å². The molecule has 0 saturated heterocycles. The van der Waals surface area contributed by atoms with E-state index in [9.17, 15) is 14.7 Å². The van der Waals surface area contributed by atoms with Crippen LogP contribution in [-0.2, 0) is 13.0 Å². The van der Waals surface area contributed by atoms with Gasteiger partial charge in [-0.15, -0.1) is 11.6 Å². The summed E-state index contributed by atoms with van der Waals surface area (Å²) in [6.45, 7) is 0.716. The number of nitrogens with zero attached hydrogens (tertiary/aromatic N) is 1. The molecule has 1 saturated carbocycles. The number of alkyl halides is 1. The molecular weight excluding hydrogens is 280 g/mol.